The lowest BCUT2D eigenvalue weighted by atomic mass is 10.2. The summed E-state index contributed by atoms with van der Waals surface area (Å²) in [4.78, 5) is 12.9. The standard InChI is InChI=1S/C12H15FN2O3S/c1-15(7-8-2-3-8)12(16)9-4-5-10(13)11(6-9)19(14,17)18/h4-6,8H,2-3,7H2,1H3,(H2,14,17,18). The molecule has 1 saturated carbocycles. The Hall–Kier alpha value is -1.47. The summed E-state index contributed by atoms with van der Waals surface area (Å²) in [6.07, 6.45) is 2.20. The zero-order valence-corrected chi connectivity index (χ0v) is 11.3. The molecule has 2 rings (SSSR count). The minimum Gasteiger partial charge on any atom is -0.341 e. The summed E-state index contributed by atoms with van der Waals surface area (Å²) >= 11 is 0. The number of amides is 1. The van der Waals surface area contributed by atoms with Crippen LogP contribution in [0, 0.1) is 11.7 Å². The van der Waals surface area contributed by atoms with Crippen LogP contribution in [0.25, 0.3) is 0 Å². The van der Waals surface area contributed by atoms with Crippen LogP contribution < -0.4 is 5.14 Å². The number of rotatable bonds is 4. The van der Waals surface area contributed by atoms with Gasteiger partial charge in [0.25, 0.3) is 5.91 Å². The maximum absolute atomic E-state index is 13.4. The molecule has 1 aromatic rings. The van der Waals surface area contributed by atoms with Gasteiger partial charge in [0.1, 0.15) is 10.7 Å². The number of halogens is 1. The first-order valence-electron chi connectivity index (χ1n) is 5.87. The van der Waals surface area contributed by atoms with Crippen molar-refractivity contribution in [3.63, 3.8) is 0 Å². The highest BCUT2D eigenvalue weighted by molar-refractivity contribution is 7.89. The molecule has 0 spiro atoms. The number of hydrogen-bond donors (Lipinski definition) is 1. The highest BCUT2D eigenvalue weighted by Gasteiger charge is 2.26. The molecule has 1 aliphatic rings. The largest absolute Gasteiger partial charge is 0.341 e. The van der Waals surface area contributed by atoms with Crippen LogP contribution in [0.5, 0.6) is 0 Å². The molecule has 0 aromatic heterocycles. The second-order valence-electron chi connectivity index (χ2n) is 4.82. The van der Waals surface area contributed by atoms with E-state index in [0.717, 1.165) is 25.0 Å². The van der Waals surface area contributed by atoms with Crippen molar-refractivity contribution in [1.29, 1.82) is 0 Å². The van der Waals surface area contributed by atoms with Crippen LogP contribution in [-0.2, 0) is 10.0 Å². The molecular formula is C12H15FN2O3S. The topological polar surface area (TPSA) is 80.5 Å². The lowest BCUT2D eigenvalue weighted by Gasteiger charge is -2.17. The van der Waals surface area contributed by atoms with E-state index in [9.17, 15) is 17.6 Å². The van der Waals surface area contributed by atoms with Crippen LogP contribution in [0.4, 0.5) is 4.39 Å². The van der Waals surface area contributed by atoms with Crippen molar-refractivity contribution in [2.45, 2.75) is 17.7 Å². The Kier molecular flexibility index (Phi) is 3.60. The number of nitrogens with zero attached hydrogens (tertiary/aromatic N) is 1. The molecule has 0 unspecified atom stereocenters. The zero-order valence-electron chi connectivity index (χ0n) is 10.5. The van der Waals surface area contributed by atoms with E-state index in [1.165, 1.54) is 11.0 Å². The molecule has 1 fully saturated rings. The SMILES string of the molecule is CN(CC1CC1)C(=O)c1ccc(F)c(S(N)(=O)=O)c1. The molecule has 1 aliphatic carbocycles. The van der Waals surface area contributed by atoms with E-state index in [1.54, 1.807) is 7.05 Å². The number of benzene rings is 1. The highest BCUT2D eigenvalue weighted by atomic mass is 32.2. The third-order valence-electron chi connectivity index (χ3n) is 3.06. The van der Waals surface area contributed by atoms with E-state index in [2.05, 4.69) is 0 Å². The molecule has 0 radical (unpaired) electrons. The van der Waals surface area contributed by atoms with Gasteiger partial charge in [0.2, 0.25) is 10.0 Å². The Morgan fingerprint density at radius 3 is 2.63 bits per heavy atom. The Morgan fingerprint density at radius 2 is 2.11 bits per heavy atom. The molecule has 2 N–H and O–H groups in total. The second-order valence-corrected chi connectivity index (χ2v) is 6.35. The van der Waals surface area contributed by atoms with Gasteiger partial charge in [-0.3, -0.25) is 4.79 Å². The summed E-state index contributed by atoms with van der Waals surface area (Å²) in [5, 5.41) is 4.90. The number of primary sulfonamides is 1. The Balaban J connectivity index is 2.27. The van der Waals surface area contributed by atoms with Gasteiger partial charge in [0, 0.05) is 19.2 Å². The predicted octanol–water partition coefficient (Wildman–Crippen LogP) is 0.955. The van der Waals surface area contributed by atoms with Crippen molar-refractivity contribution in [2.24, 2.45) is 11.1 Å². The van der Waals surface area contributed by atoms with Gasteiger partial charge < -0.3 is 4.90 Å². The Bertz CT molecular complexity index is 611. The van der Waals surface area contributed by atoms with Gasteiger partial charge in [-0.1, -0.05) is 0 Å². The van der Waals surface area contributed by atoms with E-state index >= 15 is 0 Å². The van der Waals surface area contributed by atoms with Gasteiger partial charge >= 0.3 is 0 Å². The van der Waals surface area contributed by atoms with Crippen LogP contribution in [0.3, 0.4) is 0 Å². The van der Waals surface area contributed by atoms with Crippen molar-refractivity contribution < 1.29 is 17.6 Å². The molecule has 0 aliphatic heterocycles. The Labute approximate surface area is 111 Å². The molecule has 0 saturated heterocycles. The van der Waals surface area contributed by atoms with Crippen LogP contribution in [0.1, 0.15) is 23.2 Å². The first kappa shape index (κ1) is 14.0. The fourth-order valence-electron chi connectivity index (χ4n) is 1.85. The summed E-state index contributed by atoms with van der Waals surface area (Å²) in [6.45, 7) is 0.626. The normalized spacial score (nSPS) is 15.3. The van der Waals surface area contributed by atoms with Gasteiger partial charge in [0.15, 0.2) is 0 Å². The number of sulfonamides is 1. The molecule has 5 nitrogen and oxygen atoms in total. The van der Waals surface area contributed by atoms with Gasteiger partial charge in [-0.15, -0.1) is 0 Å². The quantitative estimate of drug-likeness (QED) is 0.895. The maximum Gasteiger partial charge on any atom is 0.253 e. The molecule has 0 heterocycles. The summed E-state index contributed by atoms with van der Waals surface area (Å²) in [7, 11) is -2.53. The number of nitrogens with two attached hydrogens (primary N) is 1. The molecule has 7 heteroatoms. The third-order valence-corrected chi connectivity index (χ3v) is 3.99. The van der Waals surface area contributed by atoms with Crippen molar-refractivity contribution >= 4 is 15.9 Å². The van der Waals surface area contributed by atoms with Crippen LogP contribution in [0.15, 0.2) is 23.1 Å². The second kappa shape index (κ2) is 4.90. The van der Waals surface area contributed by atoms with Crippen molar-refractivity contribution in [3.8, 4) is 0 Å². The van der Waals surface area contributed by atoms with Crippen LogP contribution in [0.2, 0.25) is 0 Å². The molecule has 1 amide bonds. The van der Waals surface area contributed by atoms with Crippen LogP contribution in [-0.4, -0.2) is 32.8 Å². The van der Waals surface area contributed by atoms with Crippen molar-refractivity contribution in [1.82, 2.24) is 4.90 Å². The van der Waals surface area contributed by atoms with Crippen molar-refractivity contribution in [2.75, 3.05) is 13.6 Å². The van der Waals surface area contributed by atoms with Gasteiger partial charge in [-0.25, -0.2) is 17.9 Å². The van der Waals surface area contributed by atoms with E-state index in [0.29, 0.717) is 12.5 Å². The van der Waals surface area contributed by atoms with Crippen LogP contribution >= 0.6 is 0 Å². The molecule has 1 aromatic carbocycles. The van der Waals surface area contributed by atoms with Gasteiger partial charge in [-0.05, 0) is 37.0 Å². The number of hydrogen-bond acceptors (Lipinski definition) is 3. The first-order chi connectivity index (χ1) is 8.79. The summed E-state index contributed by atoms with van der Waals surface area (Å²) in [5.74, 6) is -0.771. The summed E-state index contributed by atoms with van der Waals surface area (Å²) < 4.78 is 35.8. The van der Waals surface area contributed by atoms with Gasteiger partial charge in [-0.2, -0.15) is 0 Å². The average Bonchev–Trinajstić information content (AvgIpc) is 3.11. The van der Waals surface area contributed by atoms with E-state index in [4.69, 9.17) is 5.14 Å². The summed E-state index contributed by atoms with van der Waals surface area (Å²) in [6, 6.07) is 3.18. The zero-order chi connectivity index (χ0) is 14.2. The fourth-order valence-corrected chi connectivity index (χ4v) is 2.48. The molecule has 19 heavy (non-hydrogen) atoms. The summed E-state index contributed by atoms with van der Waals surface area (Å²) in [5.41, 5.74) is 0.119. The molecule has 0 bridgehead atoms. The molecule has 0 atom stereocenters. The highest BCUT2D eigenvalue weighted by Crippen LogP contribution is 2.29. The number of carbonyl (C=O) groups excluding carboxylic acids is 1. The monoisotopic (exact) mass is 286 g/mol. The predicted molar refractivity (Wildman–Crippen MR) is 67.5 cm³/mol. The molecular weight excluding hydrogens is 271 g/mol. The van der Waals surface area contributed by atoms with E-state index in [1.807, 2.05) is 0 Å². The maximum atomic E-state index is 13.4. The minimum atomic E-state index is -4.17. The third kappa shape index (κ3) is 3.30. The number of carbonyl (C=O) groups is 1. The van der Waals surface area contributed by atoms with Gasteiger partial charge in [0.05, 0.1) is 0 Å². The lowest BCUT2D eigenvalue weighted by molar-refractivity contribution is 0.0788. The van der Waals surface area contributed by atoms with E-state index < -0.39 is 20.7 Å². The lowest BCUT2D eigenvalue weighted by Crippen LogP contribution is -2.29. The van der Waals surface area contributed by atoms with E-state index in [-0.39, 0.29) is 11.5 Å². The average molecular weight is 286 g/mol. The van der Waals surface area contributed by atoms with Crippen molar-refractivity contribution in [3.05, 3.63) is 29.6 Å². The smallest absolute Gasteiger partial charge is 0.253 e. The molecule has 104 valence electrons. The first-order valence-corrected chi connectivity index (χ1v) is 7.41. The minimum absolute atomic E-state index is 0.119. The Morgan fingerprint density at radius 1 is 1.47 bits per heavy atom. The fraction of sp³-hybridized carbons (Fsp3) is 0.417.